The summed E-state index contributed by atoms with van der Waals surface area (Å²) in [7, 11) is 1.25. The van der Waals surface area contributed by atoms with E-state index in [1.807, 2.05) is 41.5 Å². The fraction of sp³-hybridized carbons (Fsp3) is 0.667. The van der Waals surface area contributed by atoms with E-state index >= 15 is 0 Å². The molecular formula is C30H47NO11. The summed E-state index contributed by atoms with van der Waals surface area (Å²) in [4.78, 5) is 48.8. The number of hydrogen-bond donors (Lipinski definition) is 1. The van der Waals surface area contributed by atoms with E-state index in [-0.39, 0.29) is 56.8 Å². The first-order valence-corrected chi connectivity index (χ1v) is 14.4. The molecule has 0 aliphatic rings. The van der Waals surface area contributed by atoms with E-state index in [9.17, 15) is 19.2 Å². The van der Waals surface area contributed by atoms with Crippen molar-refractivity contribution in [1.82, 2.24) is 5.32 Å². The summed E-state index contributed by atoms with van der Waals surface area (Å²) >= 11 is 0. The van der Waals surface area contributed by atoms with E-state index in [0.717, 1.165) is 6.42 Å². The summed E-state index contributed by atoms with van der Waals surface area (Å²) in [5.41, 5.74) is 0.553. The summed E-state index contributed by atoms with van der Waals surface area (Å²) in [6.45, 7) is 12.6. The second-order valence-corrected chi connectivity index (χ2v) is 10.7. The van der Waals surface area contributed by atoms with Crippen molar-refractivity contribution < 1.29 is 52.3 Å². The third kappa shape index (κ3) is 16.0. The Balaban J connectivity index is 2.92. The van der Waals surface area contributed by atoms with Crippen LogP contribution in [-0.2, 0) is 34.9 Å². The summed E-state index contributed by atoms with van der Waals surface area (Å²) in [5.74, 6) is 0.188. The normalized spacial score (nSPS) is 12.3. The van der Waals surface area contributed by atoms with Crippen molar-refractivity contribution in [2.75, 3.05) is 40.1 Å². The first kappa shape index (κ1) is 36.5. The molecule has 1 aromatic rings. The van der Waals surface area contributed by atoms with Crippen LogP contribution < -0.4 is 14.8 Å². The third-order valence-corrected chi connectivity index (χ3v) is 6.05. The zero-order valence-electron chi connectivity index (χ0n) is 25.9. The first-order valence-electron chi connectivity index (χ1n) is 14.4. The third-order valence-electron chi connectivity index (χ3n) is 6.05. The van der Waals surface area contributed by atoms with Gasteiger partial charge in [0, 0.05) is 6.54 Å². The molecule has 0 aliphatic heterocycles. The number of ether oxygens (including phenoxy) is 7. The van der Waals surface area contributed by atoms with Crippen molar-refractivity contribution in [2.45, 2.75) is 73.3 Å². The molecule has 12 heteroatoms. The minimum Gasteiger partial charge on any atom is -0.468 e. The van der Waals surface area contributed by atoms with E-state index in [2.05, 4.69) is 5.32 Å². The van der Waals surface area contributed by atoms with Crippen LogP contribution in [0.25, 0.3) is 0 Å². The second kappa shape index (κ2) is 20.4. The molecule has 0 saturated carbocycles. The molecule has 0 bridgehead atoms. The zero-order valence-corrected chi connectivity index (χ0v) is 25.9. The SMILES string of the molecule is CCC(C)COC(=O)OCCN[C@@H](Cc1ccc(OC(=O)OCCC(C)C)c(OC(=O)OCCC(C)C)c1)C(=O)OC. The molecule has 238 valence electrons. The Labute approximate surface area is 248 Å². The Kier molecular flexibility index (Phi) is 17.7. The highest BCUT2D eigenvalue weighted by atomic mass is 16.7. The van der Waals surface area contributed by atoms with Crippen LogP contribution in [0.4, 0.5) is 14.4 Å². The summed E-state index contributed by atoms with van der Waals surface area (Å²) in [6, 6.07) is 3.67. The second-order valence-electron chi connectivity index (χ2n) is 10.7. The first-order chi connectivity index (χ1) is 19.9. The maximum atomic E-state index is 12.4. The fourth-order valence-corrected chi connectivity index (χ4v) is 3.19. The number of hydrogen-bond acceptors (Lipinski definition) is 12. The zero-order chi connectivity index (χ0) is 31.5. The lowest BCUT2D eigenvalue weighted by molar-refractivity contribution is -0.143. The highest BCUT2D eigenvalue weighted by Gasteiger charge is 2.22. The van der Waals surface area contributed by atoms with Gasteiger partial charge in [0.05, 0.1) is 26.9 Å². The highest BCUT2D eigenvalue weighted by Crippen LogP contribution is 2.30. The van der Waals surface area contributed by atoms with Crippen LogP contribution in [0.1, 0.15) is 66.4 Å². The molecular weight excluding hydrogens is 550 g/mol. The van der Waals surface area contributed by atoms with E-state index in [1.165, 1.54) is 19.2 Å². The quantitative estimate of drug-likeness (QED) is 0.0961. The van der Waals surface area contributed by atoms with Crippen LogP contribution in [0.2, 0.25) is 0 Å². The number of carbonyl (C=O) groups excluding carboxylic acids is 4. The molecule has 0 aliphatic carbocycles. The molecule has 0 spiro atoms. The van der Waals surface area contributed by atoms with Gasteiger partial charge in [0.2, 0.25) is 0 Å². The van der Waals surface area contributed by atoms with Gasteiger partial charge in [0.15, 0.2) is 11.5 Å². The Morgan fingerprint density at radius 1 is 0.762 bits per heavy atom. The Hall–Kier alpha value is -3.54. The molecule has 0 saturated heterocycles. The average molecular weight is 598 g/mol. The number of methoxy groups -OCH3 is 1. The lowest BCUT2D eigenvalue weighted by atomic mass is 10.1. The monoisotopic (exact) mass is 597 g/mol. The van der Waals surface area contributed by atoms with Gasteiger partial charge in [-0.3, -0.25) is 4.79 Å². The predicted molar refractivity (Wildman–Crippen MR) is 154 cm³/mol. The number of nitrogens with one attached hydrogen (secondary N) is 1. The molecule has 0 heterocycles. The molecule has 1 N–H and O–H groups in total. The molecule has 1 aromatic carbocycles. The van der Waals surface area contributed by atoms with Gasteiger partial charge in [-0.25, -0.2) is 14.4 Å². The number of carbonyl (C=O) groups is 4. The summed E-state index contributed by atoms with van der Waals surface area (Å²) in [6.07, 6.45) is -0.408. The van der Waals surface area contributed by atoms with Crippen LogP contribution >= 0.6 is 0 Å². The summed E-state index contributed by atoms with van der Waals surface area (Å²) in [5, 5.41) is 2.98. The van der Waals surface area contributed by atoms with Crippen LogP contribution in [0.5, 0.6) is 11.5 Å². The van der Waals surface area contributed by atoms with Crippen molar-refractivity contribution in [3.8, 4) is 11.5 Å². The topological polar surface area (TPSA) is 145 Å². The molecule has 0 fully saturated rings. The Morgan fingerprint density at radius 3 is 1.88 bits per heavy atom. The molecule has 1 rings (SSSR count). The van der Waals surface area contributed by atoms with E-state index < -0.39 is 30.5 Å². The van der Waals surface area contributed by atoms with Gasteiger partial charge >= 0.3 is 24.4 Å². The molecule has 0 aromatic heterocycles. The van der Waals surface area contributed by atoms with Gasteiger partial charge in [-0.15, -0.1) is 0 Å². The molecule has 0 amide bonds. The molecule has 12 nitrogen and oxygen atoms in total. The van der Waals surface area contributed by atoms with E-state index in [4.69, 9.17) is 33.2 Å². The van der Waals surface area contributed by atoms with Crippen LogP contribution in [0, 0.1) is 17.8 Å². The number of benzene rings is 1. The van der Waals surface area contributed by atoms with Crippen molar-refractivity contribution in [1.29, 1.82) is 0 Å². The van der Waals surface area contributed by atoms with Crippen LogP contribution in [-0.4, -0.2) is 70.6 Å². The number of rotatable bonds is 18. The number of esters is 1. The van der Waals surface area contributed by atoms with Crippen molar-refractivity contribution in [3.05, 3.63) is 23.8 Å². The largest absolute Gasteiger partial charge is 0.513 e. The van der Waals surface area contributed by atoms with E-state index in [1.54, 1.807) is 6.07 Å². The fourth-order valence-electron chi connectivity index (χ4n) is 3.19. The molecule has 42 heavy (non-hydrogen) atoms. The van der Waals surface area contributed by atoms with Crippen LogP contribution in [0.15, 0.2) is 18.2 Å². The van der Waals surface area contributed by atoms with Crippen molar-refractivity contribution in [2.24, 2.45) is 17.8 Å². The highest BCUT2D eigenvalue weighted by molar-refractivity contribution is 5.76. The summed E-state index contributed by atoms with van der Waals surface area (Å²) < 4.78 is 35.9. The van der Waals surface area contributed by atoms with Crippen molar-refractivity contribution in [3.63, 3.8) is 0 Å². The van der Waals surface area contributed by atoms with E-state index in [0.29, 0.717) is 30.2 Å². The van der Waals surface area contributed by atoms with Crippen molar-refractivity contribution >= 4 is 24.4 Å². The lowest BCUT2D eigenvalue weighted by Gasteiger charge is -2.18. The minimum atomic E-state index is -0.967. The molecule has 1 unspecified atom stereocenters. The standard InChI is InChI=1S/C30H47NO11/c1-8-22(6)19-40-28(33)39-16-13-31-24(27(32)36-7)17-23-9-10-25(41-29(34)37-14-11-20(2)3)26(18-23)42-30(35)38-15-12-21(4)5/h9-10,18,20-22,24,31H,8,11-17,19H2,1-7H3/t22?,24-/m0/s1. The minimum absolute atomic E-state index is 0.0326. The van der Waals surface area contributed by atoms with Crippen LogP contribution in [0.3, 0.4) is 0 Å². The van der Waals surface area contributed by atoms with Gasteiger partial charge < -0.3 is 38.5 Å². The lowest BCUT2D eigenvalue weighted by Crippen LogP contribution is -2.41. The average Bonchev–Trinajstić information content (AvgIpc) is 2.93. The smallest absolute Gasteiger partial charge is 0.468 e. The molecule has 2 atom stereocenters. The predicted octanol–water partition coefficient (Wildman–Crippen LogP) is 5.68. The Bertz CT molecular complexity index is 980. The van der Waals surface area contributed by atoms with Gasteiger partial charge in [0.25, 0.3) is 0 Å². The Morgan fingerprint density at radius 2 is 1.33 bits per heavy atom. The van der Waals surface area contributed by atoms with Gasteiger partial charge in [0.1, 0.15) is 12.6 Å². The maximum absolute atomic E-state index is 12.4. The van der Waals surface area contributed by atoms with Gasteiger partial charge in [-0.2, -0.15) is 0 Å². The molecule has 0 radical (unpaired) electrons. The van der Waals surface area contributed by atoms with Gasteiger partial charge in [-0.1, -0.05) is 54.0 Å². The van der Waals surface area contributed by atoms with Gasteiger partial charge in [-0.05, 0) is 54.7 Å². The maximum Gasteiger partial charge on any atom is 0.513 e.